The number of carbonyl (C=O) groups excluding carboxylic acids is 1. The number of anilines is 1. The third-order valence-corrected chi connectivity index (χ3v) is 4.65. The summed E-state index contributed by atoms with van der Waals surface area (Å²) in [5.41, 5.74) is 3.06. The second-order valence-corrected chi connectivity index (χ2v) is 7.81. The van der Waals surface area contributed by atoms with E-state index >= 15 is 0 Å². The summed E-state index contributed by atoms with van der Waals surface area (Å²) in [4.78, 5) is 12.6. The van der Waals surface area contributed by atoms with Crippen LogP contribution >= 0.6 is 11.6 Å². The van der Waals surface area contributed by atoms with Gasteiger partial charge in [-0.05, 0) is 53.4 Å². The molecule has 0 saturated heterocycles. The number of hydrogen-bond acceptors (Lipinski definition) is 3. The average molecular weight is 384 g/mol. The predicted molar refractivity (Wildman–Crippen MR) is 108 cm³/mol. The molecule has 0 fully saturated rings. The SMILES string of the molecule is CC(C)(C)c1ccc(C(=O)Nc2ccc(Cl)c(-c3ccc(CO)o3)c2)cc1. The highest BCUT2D eigenvalue weighted by molar-refractivity contribution is 6.33. The van der Waals surface area contributed by atoms with Crippen molar-refractivity contribution in [2.75, 3.05) is 5.32 Å². The van der Waals surface area contributed by atoms with Gasteiger partial charge in [0.2, 0.25) is 0 Å². The third kappa shape index (κ3) is 4.41. The molecule has 5 heteroatoms. The molecule has 4 nitrogen and oxygen atoms in total. The molecule has 2 N–H and O–H groups in total. The van der Waals surface area contributed by atoms with Gasteiger partial charge in [-0.1, -0.05) is 44.5 Å². The van der Waals surface area contributed by atoms with Gasteiger partial charge < -0.3 is 14.8 Å². The van der Waals surface area contributed by atoms with Crippen LogP contribution in [0.4, 0.5) is 5.69 Å². The zero-order chi connectivity index (χ0) is 19.6. The quantitative estimate of drug-likeness (QED) is 0.612. The summed E-state index contributed by atoms with van der Waals surface area (Å²) < 4.78 is 5.54. The topological polar surface area (TPSA) is 62.5 Å². The van der Waals surface area contributed by atoms with Crippen molar-refractivity contribution in [1.29, 1.82) is 0 Å². The first kappa shape index (κ1) is 19.2. The summed E-state index contributed by atoms with van der Waals surface area (Å²) in [6, 6.07) is 16.2. The standard InChI is InChI=1S/C22H22ClNO3/c1-22(2,3)15-6-4-14(5-7-15)21(26)24-16-8-10-19(23)18(12-16)20-11-9-17(13-25)27-20/h4-12,25H,13H2,1-3H3,(H,24,26). The van der Waals surface area contributed by atoms with Crippen molar-refractivity contribution in [3.63, 3.8) is 0 Å². The van der Waals surface area contributed by atoms with Crippen molar-refractivity contribution < 1.29 is 14.3 Å². The van der Waals surface area contributed by atoms with Crippen molar-refractivity contribution >= 4 is 23.2 Å². The van der Waals surface area contributed by atoms with Gasteiger partial charge in [0.25, 0.3) is 5.91 Å². The zero-order valence-electron chi connectivity index (χ0n) is 15.5. The highest BCUT2D eigenvalue weighted by Gasteiger charge is 2.15. The minimum atomic E-state index is -0.195. The zero-order valence-corrected chi connectivity index (χ0v) is 16.3. The third-order valence-electron chi connectivity index (χ3n) is 4.32. The summed E-state index contributed by atoms with van der Waals surface area (Å²) in [5, 5.41) is 12.5. The Bertz CT molecular complexity index is 952. The van der Waals surface area contributed by atoms with Gasteiger partial charge in [-0.2, -0.15) is 0 Å². The molecule has 3 aromatic rings. The van der Waals surface area contributed by atoms with E-state index in [2.05, 4.69) is 26.1 Å². The van der Waals surface area contributed by atoms with Crippen LogP contribution in [-0.2, 0) is 12.0 Å². The molecule has 0 spiro atoms. The number of hydrogen-bond donors (Lipinski definition) is 2. The smallest absolute Gasteiger partial charge is 0.255 e. The number of aliphatic hydroxyl groups excluding tert-OH is 1. The van der Waals surface area contributed by atoms with Crippen LogP contribution in [0.3, 0.4) is 0 Å². The summed E-state index contributed by atoms with van der Waals surface area (Å²) in [6.07, 6.45) is 0. The van der Waals surface area contributed by atoms with E-state index in [1.807, 2.05) is 24.3 Å². The molecule has 27 heavy (non-hydrogen) atoms. The molecule has 140 valence electrons. The molecule has 0 radical (unpaired) electrons. The van der Waals surface area contributed by atoms with Gasteiger partial charge >= 0.3 is 0 Å². The van der Waals surface area contributed by atoms with Gasteiger partial charge in [0.05, 0.1) is 5.02 Å². The molecule has 0 bridgehead atoms. The number of nitrogens with one attached hydrogen (secondary N) is 1. The normalized spacial score (nSPS) is 11.4. The highest BCUT2D eigenvalue weighted by Crippen LogP contribution is 2.32. The van der Waals surface area contributed by atoms with Crippen molar-refractivity contribution in [2.24, 2.45) is 0 Å². The lowest BCUT2D eigenvalue weighted by atomic mass is 9.87. The van der Waals surface area contributed by atoms with Crippen LogP contribution in [0.25, 0.3) is 11.3 Å². The summed E-state index contributed by atoms with van der Waals surface area (Å²) in [7, 11) is 0. The van der Waals surface area contributed by atoms with Crippen LogP contribution in [0.15, 0.2) is 59.0 Å². The minimum Gasteiger partial charge on any atom is -0.459 e. The van der Waals surface area contributed by atoms with Crippen LogP contribution in [0, 0.1) is 0 Å². The van der Waals surface area contributed by atoms with Crippen LogP contribution in [0.1, 0.15) is 42.5 Å². The van der Waals surface area contributed by atoms with E-state index in [1.54, 1.807) is 30.3 Å². The molecule has 0 atom stereocenters. The molecule has 2 aromatic carbocycles. The van der Waals surface area contributed by atoms with E-state index in [4.69, 9.17) is 21.1 Å². The van der Waals surface area contributed by atoms with Crippen LogP contribution < -0.4 is 5.32 Å². The second-order valence-electron chi connectivity index (χ2n) is 7.40. The maximum Gasteiger partial charge on any atom is 0.255 e. The number of rotatable bonds is 4. The Hall–Kier alpha value is -2.56. The Morgan fingerprint density at radius 3 is 2.37 bits per heavy atom. The van der Waals surface area contributed by atoms with Crippen LogP contribution in [0.5, 0.6) is 0 Å². The van der Waals surface area contributed by atoms with Gasteiger partial charge in [-0.3, -0.25) is 4.79 Å². The number of furan rings is 1. The fourth-order valence-corrected chi connectivity index (χ4v) is 2.94. The molecule has 0 aliphatic rings. The lowest BCUT2D eigenvalue weighted by Crippen LogP contribution is -2.14. The van der Waals surface area contributed by atoms with Gasteiger partial charge in [-0.25, -0.2) is 0 Å². The Kier molecular flexibility index (Phi) is 5.40. The van der Waals surface area contributed by atoms with Gasteiger partial charge in [0.15, 0.2) is 0 Å². The maximum absolute atomic E-state index is 12.6. The van der Waals surface area contributed by atoms with Crippen molar-refractivity contribution in [1.82, 2.24) is 0 Å². The summed E-state index contributed by atoms with van der Waals surface area (Å²) in [5.74, 6) is 0.795. The Morgan fingerprint density at radius 1 is 1.07 bits per heavy atom. The van der Waals surface area contributed by atoms with E-state index in [1.165, 1.54) is 5.56 Å². The number of carbonyl (C=O) groups is 1. The predicted octanol–water partition coefficient (Wildman–Crippen LogP) is 5.64. The second kappa shape index (κ2) is 7.59. The van der Waals surface area contributed by atoms with Crippen molar-refractivity contribution in [3.8, 4) is 11.3 Å². The number of benzene rings is 2. The van der Waals surface area contributed by atoms with Crippen LogP contribution in [-0.4, -0.2) is 11.0 Å². The van der Waals surface area contributed by atoms with Crippen molar-refractivity contribution in [3.05, 3.63) is 76.5 Å². The van der Waals surface area contributed by atoms with Crippen molar-refractivity contribution in [2.45, 2.75) is 32.8 Å². The van der Waals surface area contributed by atoms with E-state index in [0.29, 0.717) is 33.4 Å². The maximum atomic E-state index is 12.6. The minimum absolute atomic E-state index is 0.0382. The summed E-state index contributed by atoms with van der Waals surface area (Å²) in [6.45, 7) is 6.22. The van der Waals surface area contributed by atoms with Gasteiger partial charge in [0.1, 0.15) is 18.1 Å². The lowest BCUT2D eigenvalue weighted by molar-refractivity contribution is 0.102. The molecule has 1 amide bonds. The first-order valence-electron chi connectivity index (χ1n) is 8.69. The lowest BCUT2D eigenvalue weighted by Gasteiger charge is -2.19. The van der Waals surface area contributed by atoms with E-state index < -0.39 is 0 Å². The number of aliphatic hydroxyl groups is 1. The molecule has 0 aliphatic heterocycles. The molecule has 0 saturated carbocycles. The van der Waals surface area contributed by atoms with Gasteiger partial charge in [0, 0.05) is 16.8 Å². The van der Waals surface area contributed by atoms with Crippen LogP contribution in [0.2, 0.25) is 5.02 Å². The summed E-state index contributed by atoms with van der Waals surface area (Å²) >= 11 is 6.26. The first-order valence-corrected chi connectivity index (χ1v) is 9.07. The monoisotopic (exact) mass is 383 g/mol. The molecule has 1 heterocycles. The average Bonchev–Trinajstić information content (AvgIpc) is 3.11. The molecular weight excluding hydrogens is 362 g/mol. The number of halogens is 1. The largest absolute Gasteiger partial charge is 0.459 e. The molecule has 1 aromatic heterocycles. The Labute approximate surface area is 163 Å². The fraction of sp³-hybridized carbons (Fsp3) is 0.227. The Balaban J connectivity index is 1.81. The molecular formula is C22H22ClNO3. The molecule has 0 aliphatic carbocycles. The Morgan fingerprint density at radius 2 is 1.78 bits per heavy atom. The van der Waals surface area contributed by atoms with E-state index in [9.17, 15) is 4.79 Å². The molecule has 3 rings (SSSR count). The molecule has 0 unspecified atom stereocenters. The van der Waals surface area contributed by atoms with E-state index in [-0.39, 0.29) is 17.9 Å². The first-order chi connectivity index (χ1) is 12.8. The van der Waals surface area contributed by atoms with E-state index in [0.717, 1.165) is 0 Å². The highest BCUT2D eigenvalue weighted by atomic mass is 35.5. The number of amides is 1. The fourth-order valence-electron chi connectivity index (χ4n) is 2.72. The van der Waals surface area contributed by atoms with Gasteiger partial charge in [-0.15, -0.1) is 0 Å².